The van der Waals surface area contributed by atoms with Crippen molar-refractivity contribution < 1.29 is 4.39 Å². The molecule has 0 atom stereocenters. The van der Waals surface area contributed by atoms with Crippen molar-refractivity contribution in [2.24, 2.45) is 0 Å². The van der Waals surface area contributed by atoms with Gasteiger partial charge < -0.3 is 5.32 Å². The number of hydrogen-bond acceptors (Lipinski definition) is 4. The van der Waals surface area contributed by atoms with Crippen molar-refractivity contribution in [2.45, 2.75) is 0 Å². The first-order valence-corrected chi connectivity index (χ1v) is 6.44. The zero-order chi connectivity index (χ0) is 14.8. The lowest BCUT2D eigenvalue weighted by Crippen LogP contribution is -1.99. The van der Waals surface area contributed by atoms with Crippen molar-refractivity contribution in [1.29, 1.82) is 5.26 Å². The molecule has 0 bridgehead atoms. The molecule has 21 heavy (non-hydrogen) atoms. The third-order valence-electron chi connectivity index (χ3n) is 2.93. The summed E-state index contributed by atoms with van der Waals surface area (Å²) in [6.07, 6.45) is 0. The van der Waals surface area contributed by atoms with Crippen molar-refractivity contribution in [3.63, 3.8) is 0 Å². The third kappa shape index (κ3) is 2.62. The van der Waals surface area contributed by atoms with Crippen LogP contribution in [0.25, 0.3) is 10.9 Å². The summed E-state index contributed by atoms with van der Waals surface area (Å²) in [5, 5.41) is 12.9. The van der Waals surface area contributed by atoms with Gasteiger partial charge in [-0.3, -0.25) is 0 Å². The summed E-state index contributed by atoms with van der Waals surface area (Å²) in [5.41, 5.74) is 1.33. The second kappa shape index (κ2) is 5.35. The SMILES string of the molecule is N#Cc1cc(F)ccc1Nc1nc(Cl)nc2ccccc12. The number of para-hydroxylation sites is 1. The summed E-state index contributed by atoms with van der Waals surface area (Å²) in [6.45, 7) is 0. The normalized spacial score (nSPS) is 10.3. The molecule has 102 valence electrons. The van der Waals surface area contributed by atoms with E-state index in [-0.39, 0.29) is 10.8 Å². The van der Waals surface area contributed by atoms with E-state index in [1.165, 1.54) is 12.1 Å². The predicted molar refractivity (Wildman–Crippen MR) is 78.9 cm³/mol. The van der Waals surface area contributed by atoms with Gasteiger partial charge in [-0.15, -0.1) is 0 Å². The van der Waals surface area contributed by atoms with Crippen LogP contribution in [0.4, 0.5) is 15.9 Å². The molecule has 4 nitrogen and oxygen atoms in total. The van der Waals surface area contributed by atoms with Gasteiger partial charge in [0, 0.05) is 5.39 Å². The average Bonchev–Trinajstić information content (AvgIpc) is 2.48. The highest BCUT2D eigenvalue weighted by Gasteiger charge is 2.09. The van der Waals surface area contributed by atoms with Crippen LogP contribution in [-0.4, -0.2) is 9.97 Å². The van der Waals surface area contributed by atoms with Gasteiger partial charge in [0.05, 0.1) is 16.8 Å². The standard InChI is InChI=1S/C15H8ClFN4/c16-15-20-13-4-2-1-3-11(13)14(21-15)19-12-6-5-10(17)7-9(12)8-18/h1-7H,(H,19,20,21). The van der Waals surface area contributed by atoms with Gasteiger partial charge in [-0.05, 0) is 41.9 Å². The van der Waals surface area contributed by atoms with Gasteiger partial charge in [-0.1, -0.05) is 12.1 Å². The molecule has 0 amide bonds. The zero-order valence-corrected chi connectivity index (χ0v) is 11.4. The number of nitrogens with zero attached hydrogens (tertiary/aromatic N) is 3. The van der Waals surface area contributed by atoms with Crippen molar-refractivity contribution in [3.05, 3.63) is 59.1 Å². The van der Waals surface area contributed by atoms with E-state index in [4.69, 9.17) is 16.9 Å². The molecular formula is C15H8ClFN4. The Morgan fingerprint density at radius 2 is 1.95 bits per heavy atom. The fourth-order valence-electron chi connectivity index (χ4n) is 1.99. The zero-order valence-electron chi connectivity index (χ0n) is 10.6. The molecule has 3 rings (SSSR count). The number of hydrogen-bond donors (Lipinski definition) is 1. The molecule has 1 heterocycles. The molecule has 0 aliphatic heterocycles. The molecule has 0 fully saturated rings. The maximum atomic E-state index is 13.2. The Balaban J connectivity index is 2.13. The summed E-state index contributed by atoms with van der Waals surface area (Å²) < 4.78 is 13.2. The highest BCUT2D eigenvalue weighted by Crippen LogP contribution is 2.26. The summed E-state index contributed by atoms with van der Waals surface area (Å²) in [4.78, 5) is 8.26. The number of fused-ring (bicyclic) bond motifs is 1. The summed E-state index contributed by atoms with van der Waals surface area (Å²) >= 11 is 5.90. The van der Waals surface area contributed by atoms with Gasteiger partial charge in [0.1, 0.15) is 17.7 Å². The maximum Gasteiger partial charge on any atom is 0.224 e. The third-order valence-corrected chi connectivity index (χ3v) is 3.10. The lowest BCUT2D eigenvalue weighted by molar-refractivity contribution is 0.627. The van der Waals surface area contributed by atoms with Crippen LogP contribution in [0.5, 0.6) is 0 Å². The summed E-state index contributed by atoms with van der Waals surface area (Å²) in [5.74, 6) is -0.00335. The number of nitriles is 1. The van der Waals surface area contributed by atoms with Crippen molar-refractivity contribution in [1.82, 2.24) is 9.97 Å². The minimum absolute atomic E-state index is 0.0943. The van der Waals surface area contributed by atoms with E-state index < -0.39 is 5.82 Å². The van der Waals surface area contributed by atoms with Crippen LogP contribution in [0.15, 0.2) is 42.5 Å². The Bertz CT molecular complexity index is 873. The summed E-state index contributed by atoms with van der Waals surface area (Å²) in [7, 11) is 0. The largest absolute Gasteiger partial charge is 0.338 e. The minimum atomic E-state index is -0.470. The van der Waals surface area contributed by atoms with Crippen molar-refractivity contribution in [2.75, 3.05) is 5.32 Å². The lowest BCUT2D eigenvalue weighted by Gasteiger charge is -2.10. The van der Waals surface area contributed by atoms with E-state index in [1.54, 1.807) is 0 Å². The second-order valence-electron chi connectivity index (χ2n) is 4.29. The molecule has 0 radical (unpaired) electrons. The van der Waals surface area contributed by atoms with E-state index in [0.29, 0.717) is 17.0 Å². The molecule has 3 aromatic rings. The molecule has 0 saturated carbocycles. The fraction of sp³-hybridized carbons (Fsp3) is 0. The Labute approximate surface area is 124 Å². The van der Waals surface area contributed by atoms with Gasteiger partial charge >= 0.3 is 0 Å². The van der Waals surface area contributed by atoms with Gasteiger partial charge in [-0.25, -0.2) is 9.37 Å². The molecule has 0 aliphatic carbocycles. The molecule has 0 aliphatic rings. The molecule has 0 saturated heterocycles. The van der Waals surface area contributed by atoms with Gasteiger partial charge in [0.25, 0.3) is 0 Å². The number of nitrogens with one attached hydrogen (secondary N) is 1. The van der Waals surface area contributed by atoms with Crippen molar-refractivity contribution in [3.8, 4) is 6.07 Å². The van der Waals surface area contributed by atoms with Crippen LogP contribution in [0.1, 0.15) is 5.56 Å². The van der Waals surface area contributed by atoms with Crippen LogP contribution in [0.2, 0.25) is 5.28 Å². The van der Waals surface area contributed by atoms with Crippen molar-refractivity contribution >= 4 is 34.0 Å². The molecular weight excluding hydrogens is 291 g/mol. The number of halogens is 2. The summed E-state index contributed by atoms with van der Waals surface area (Å²) in [6, 6.07) is 13.2. The van der Waals surface area contributed by atoms with Crippen LogP contribution in [-0.2, 0) is 0 Å². The van der Waals surface area contributed by atoms with Crippen LogP contribution >= 0.6 is 11.6 Å². The van der Waals surface area contributed by atoms with E-state index >= 15 is 0 Å². The lowest BCUT2D eigenvalue weighted by atomic mass is 10.1. The van der Waals surface area contributed by atoms with E-state index in [2.05, 4.69) is 15.3 Å². The first-order valence-electron chi connectivity index (χ1n) is 6.06. The highest BCUT2D eigenvalue weighted by atomic mass is 35.5. The first-order chi connectivity index (χ1) is 10.2. The number of anilines is 2. The maximum absolute atomic E-state index is 13.2. The monoisotopic (exact) mass is 298 g/mol. The molecule has 1 N–H and O–H groups in total. The Hall–Kier alpha value is -2.71. The molecule has 6 heteroatoms. The Morgan fingerprint density at radius 1 is 1.14 bits per heavy atom. The second-order valence-corrected chi connectivity index (χ2v) is 4.62. The predicted octanol–water partition coefficient (Wildman–Crippen LogP) is 4.04. The molecule has 1 aromatic heterocycles. The molecule has 0 unspecified atom stereocenters. The quantitative estimate of drug-likeness (QED) is 0.725. The van der Waals surface area contributed by atoms with E-state index in [0.717, 1.165) is 11.5 Å². The van der Waals surface area contributed by atoms with E-state index in [1.807, 2.05) is 30.3 Å². The van der Waals surface area contributed by atoms with Crippen LogP contribution in [0, 0.1) is 17.1 Å². The fourth-order valence-corrected chi connectivity index (χ4v) is 2.16. The molecule has 2 aromatic carbocycles. The van der Waals surface area contributed by atoms with Crippen LogP contribution < -0.4 is 5.32 Å². The van der Waals surface area contributed by atoms with Gasteiger partial charge in [0.15, 0.2) is 0 Å². The Kier molecular flexibility index (Phi) is 3.38. The number of benzene rings is 2. The Morgan fingerprint density at radius 3 is 2.76 bits per heavy atom. The highest BCUT2D eigenvalue weighted by molar-refractivity contribution is 6.28. The minimum Gasteiger partial charge on any atom is -0.338 e. The topological polar surface area (TPSA) is 61.6 Å². The smallest absolute Gasteiger partial charge is 0.224 e. The van der Waals surface area contributed by atoms with Gasteiger partial charge in [0.2, 0.25) is 5.28 Å². The average molecular weight is 299 g/mol. The first kappa shape index (κ1) is 13.3. The van der Waals surface area contributed by atoms with E-state index in [9.17, 15) is 4.39 Å². The van der Waals surface area contributed by atoms with Crippen LogP contribution in [0.3, 0.4) is 0 Å². The molecule has 0 spiro atoms. The number of rotatable bonds is 2. The number of aromatic nitrogens is 2. The van der Waals surface area contributed by atoms with Gasteiger partial charge in [-0.2, -0.15) is 10.2 Å².